The van der Waals surface area contributed by atoms with Gasteiger partial charge in [-0.3, -0.25) is 9.59 Å². The lowest BCUT2D eigenvalue weighted by atomic mass is 10.0. The first-order valence-electron chi connectivity index (χ1n) is 14.5. The van der Waals surface area contributed by atoms with Gasteiger partial charge in [0, 0.05) is 50.7 Å². The number of ether oxygens (including phenoxy) is 6. The topological polar surface area (TPSA) is 141 Å². The van der Waals surface area contributed by atoms with Crippen molar-refractivity contribution < 1.29 is 47.6 Å². The van der Waals surface area contributed by atoms with Gasteiger partial charge in [0.05, 0.1) is 26.4 Å². The van der Waals surface area contributed by atoms with Crippen LogP contribution in [0.2, 0.25) is 0 Å². The minimum atomic E-state index is -0.998. The van der Waals surface area contributed by atoms with Gasteiger partial charge in [-0.15, -0.1) is 11.3 Å². The predicted molar refractivity (Wildman–Crippen MR) is 177 cm³/mol. The molecule has 3 aromatic rings. The molecule has 1 aromatic heterocycles. The van der Waals surface area contributed by atoms with E-state index in [4.69, 9.17) is 28.4 Å². The molecule has 11 nitrogen and oxygen atoms in total. The highest BCUT2D eigenvalue weighted by Crippen LogP contribution is 2.27. The first-order valence-corrected chi connectivity index (χ1v) is 15.3. The van der Waals surface area contributed by atoms with E-state index in [2.05, 4.69) is 26.3 Å². The van der Waals surface area contributed by atoms with Crippen LogP contribution in [0.25, 0.3) is 20.2 Å². The molecule has 0 aliphatic heterocycles. The van der Waals surface area contributed by atoms with Crippen LogP contribution in [-0.2, 0) is 42.9 Å². The van der Waals surface area contributed by atoms with E-state index < -0.39 is 36.0 Å². The molecular weight excluding hydrogens is 628 g/mol. The van der Waals surface area contributed by atoms with E-state index in [1.165, 1.54) is 17.4 Å². The van der Waals surface area contributed by atoms with Crippen LogP contribution < -0.4 is 10.2 Å². The normalized spacial score (nSPS) is 12.7. The fraction of sp³-hybridized carbons (Fsp3) is 0.286. The highest BCUT2D eigenvalue weighted by molar-refractivity contribution is 7.24. The zero-order chi connectivity index (χ0) is 34.2. The second-order valence-electron chi connectivity index (χ2n) is 10.1. The third-order valence-corrected chi connectivity index (χ3v) is 7.68. The Hall–Kier alpha value is -4.91. The van der Waals surface area contributed by atoms with Crippen LogP contribution in [0, 0.1) is 5.92 Å². The van der Waals surface area contributed by atoms with Crippen LogP contribution in [0.3, 0.4) is 0 Å². The maximum atomic E-state index is 13.2. The summed E-state index contributed by atoms with van der Waals surface area (Å²) in [5.74, 6) is -2.44. The van der Waals surface area contributed by atoms with Gasteiger partial charge >= 0.3 is 17.9 Å². The third kappa shape index (κ3) is 11.8. The molecule has 0 radical (unpaired) electrons. The number of allylic oxidation sites excluding steroid dienone is 1. The summed E-state index contributed by atoms with van der Waals surface area (Å²) in [6, 6.07) is 12.6. The summed E-state index contributed by atoms with van der Waals surface area (Å²) in [5.41, 5.74) is -0.117. The lowest BCUT2D eigenvalue weighted by Crippen LogP contribution is -2.35. The number of hydrogen-bond acceptors (Lipinski definition) is 12. The van der Waals surface area contributed by atoms with Crippen molar-refractivity contribution in [2.24, 2.45) is 5.92 Å². The molecule has 47 heavy (non-hydrogen) atoms. The van der Waals surface area contributed by atoms with Gasteiger partial charge in [0.25, 0.3) is 0 Å². The van der Waals surface area contributed by atoms with E-state index in [1.54, 1.807) is 24.3 Å². The van der Waals surface area contributed by atoms with Gasteiger partial charge in [0.2, 0.25) is 0 Å². The fourth-order valence-electron chi connectivity index (χ4n) is 4.17. The molecular formula is C35H36O11S. The zero-order valence-corrected chi connectivity index (χ0v) is 26.6. The van der Waals surface area contributed by atoms with Gasteiger partial charge in [0.1, 0.15) is 25.1 Å². The quantitative estimate of drug-likeness (QED) is 0.0687. The second-order valence-corrected chi connectivity index (χ2v) is 11.1. The highest BCUT2D eigenvalue weighted by atomic mass is 32.1. The van der Waals surface area contributed by atoms with Crippen LogP contribution in [-0.4, -0.2) is 75.5 Å². The Morgan fingerprint density at radius 3 is 2.09 bits per heavy atom. The third-order valence-electron chi connectivity index (χ3n) is 6.53. The number of fused-ring (bicyclic) bond motifs is 2. The number of ketones is 1. The van der Waals surface area contributed by atoms with Crippen LogP contribution >= 0.6 is 11.3 Å². The largest absolute Gasteiger partial charge is 0.491 e. The molecule has 0 fully saturated rings. The predicted octanol–water partition coefficient (Wildman–Crippen LogP) is 4.51. The maximum Gasteiger partial charge on any atom is 0.330 e. The Morgan fingerprint density at radius 2 is 1.38 bits per heavy atom. The molecule has 0 N–H and O–H groups in total. The summed E-state index contributed by atoms with van der Waals surface area (Å²) in [4.78, 5) is 60.3. The Bertz CT molecular complexity index is 1680. The molecule has 0 spiro atoms. The molecule has 0 amide bonds. The zero-order valence-electron chi connectivity index (χ0n) is 25.8. The van der Waals surface area contributed by atoms with Gasteiger partial charge in [-0.2, -0.15) is 0 Å². The smallest absolute Gasteiger partial charge is 0.330 e. The van der Waals surface area contributed by atoms with Crippen molar-refractivity contribution >= 4 is 55.2 Å². The maximum absolute atomic E-state index is 13.2. The number of rotatable bonds is 21. The molecule has 248 valence electrons. The van der Waals surface area contributed by atoms with E-state index in [-0.39, 0.29) is 57.3 Å². The van der Waals surface area contributed by atoms with E-state index in [9.17, 15) is 24.0 Å². The van der Waals surface area contributed by atoms with Gasteiger partial charge in [-0.1, -0.05) is 38.4 Å². The number of hydrogen-bond donors (Lipinski definition) is 0. The molecule has 0 aliphatic rings. The fourth-order valence-corrected chi connectivity index (χ4v) is 5.22. The molecule has 0 saturated heterocycles. The van der Waals surface area contributed by atoms with E-state index in [1.807, 2.05) is 18.2 Å². The van der Waals surface area contributed by atoms with Gasteiger partial charge in [-0.05, 0) is 36.4 Å². The van der Waals surface area contributed by atoms with Gasteiger partial charge < -0.3 is 28.4 Å². The lowest BCUT2D eigenvalue weighted by molar-refractivity contribution is -0.159. The second kappa shape index (κ2) is 18.9. The summed E-state index contributed by atoms with van der Waals surface area (Å²) in [7, 11) is 0. The highest BCUT2D eigenvalue weighted by Gasteiger charge is 2.21. The van der Waals surface area contributed by atoms with Crippen molar-refractivity contribution in [2.75, 3.05) is 39.6 Å². The Balaban J connectivity index is 1.76. The monoisotopic (exact) mass is 664 g/mol. The van der Waals surface area contributed by atoms with Gasteiger partial charge in [-0.25, -0.2) is 14.4 Å². The number of esters is 3. The SMILES string of the molecule is C=CC(=O)CC(COCC(COc1ccc2sc3ccccc3c(=O)c2c1)OCC(COC(=O)C=C)OC(=O)C=C)COC(=O)C=C. The summed E-state index contributed by atoms with van der Waals surface area (Å²) in [6.07, 6.45) is 2.37. The van der Waals surface area contributed by atoms with Crippen LogP contribution in [0.15, 0.2) is 97.9 Å². The minimum absolute atomic E-state index is 0.0136. The van der Waals surface area contributed by atoms with Crippen molar-refractivity contribution in [2.45, 2.75) is 18.6 Å². The molecule has 0 saturated carbocycles. The van der Waals surface area contributed by atoms with Crippen LogP contribution in [0.1, 0.15) is 6.42 Å². The van der Waals surface area contributed by atoms with Crippen molar-refractivity contribution in [3.8, 4) is 5.75 Å². The number of benzene rings is 2. The summed E-state index contributed by atoms with van der Waals surface area (Å²) in [5, 5.41) is 1.11. The molecule has 3 atom stereocenters. The van der Waals surface area contributed by atoms with Crippen molar-refractivity contribution in [3.63, 3.8) is 0 Å². The van der Waals surface area contributed by atoms with E-state index in [0.29, 0.717) is 16.5 Å². The number of carbonyl (C=O) groups excluding carboxylic acids is 4. The molecule has 12 heteroatoms. The molecule has 2 aromatic carbocycles. The standard InChI is InChI=1S/C35H36O11S/c1-5-24(36)15-23(18-44-32(37)6-2)17-41-19-26(43-21-27(46-34(39)8-4)22-45-33(38)7-3)20-42-25-13-14-31-29(16-25)35(40)28-11-9-10-12-30(28)47-31/h5-14,16,23,26-27H,1-4,15,17-22H2. The van der Waals surface area contributed by atoms with Crippen molar-refractivity contribution in [1.29, 1.82) is 0 Å². The Kier molecular flexibility index (Phi) is 14.7. The van der Waals surface area contributed by atoms with Crippen LogP contribution in [0.4, 0.5) is 0 Å². The van der Waals surface area contributed by atoms with E-state index in [0.717, 1.165) is 27.6 Å². The molecule has 1 heterocycles. The van der Waals surface area contributed by atoms with Crippen molar-refractivity contribution in [3.05, 3.63) is 103 Å². The average Bonchev–Trinajstić information content (AvgIpc) is 3.09. The van der Waals surface area contributed by atoms with Crippen molar-refractivity contribution in [1.82, 2.24) is 0 Å². The summed E-state index contributed by atoms with van der Waals surface area (Å²) >= 11 is 1.49. The first kappa shape index (κ1) is 36.6. The van der Waals surface area contributed by atoms with E-state index >= 15 is 0 Å². The first-order chi connectivity index (χ1) is 22.7. The summed E-state index contributed by atoms with van der Waals surface area (Å²) < 4.78 is 34.9. The molecule has 3 rings (SSSR count). The Labute approximate surface area is 275 Å². The van der Waals surface area contributed by atoms with Crippen LogP contribution in [0.5, 0.6) is 5.75 Å². The average molecular weight is 665 g/mol. The molecule has 0 bridgehead atoms. The van der Waals surface area contributed by atoms with Gasteiger partial charge in [0.15, 0.2) is 17.3 Å². The lowest BCUT2D eigenvalue weighted by Gasteiger charge is -2.23. The molecule has 3 unspecified atom stereocenters. The minimum Gasteiger partial charge on any atom is -0.491 e. The summed E-state index contributed by atoms with van der Waals surface area (Å²) in [6.45, 7) is 12.8. The Morgan fingerprint density at radius 1 is 0.702 bits per heavy atom. The number of carbonyl (C=O) groups is 4. The molecule has 0 aliphatic carbocycles.